The lowest BCUT2D eigenvalue weighted by atomic mass is 9.93. The van der Waals surface area contributed by atoms with Crippen LogP contribution in [0.2, 0.25) is 0 Å². The molecule has 8 rings (SSSR count). The Hall–Kier alpha value is -4.40. The lowest BCUT2D eigenvalue weighted by Crippen LogP contribution is -2.07. The highest BCUT2D eigenvalue weighted by Crippen LogP contribution is 2.42. The molecule has 7 aromatic rings. The van der Waals surface area contributed by atoms with Crippen molar-refractivity contribution in [1.82, 2.24) is 4.57 Å². The maximum absolute atomic E-state index is 2.56. The van der Waals surface area contributed by atoms with Gasteiger partial charge in [0.25, 0.3) is 0 Å². The molecule has 2 heteroatoms. The van der Waals surface area contributed by atoms with Gasteiger partial charge in [0.2, 0.25) is 0 Å². The molecule has 2 heterocycles. The van der Waals surface area contributed by atoms with E-state index in [1.165, 1.54) is 76.7 Å². The van der Waals surface area contributed by atoms with Gasteiger partial charge < -0.3 is 4.57 Å². The Morgan fingerprint density at radius 2 is 1.20 bits per heavy atom. The number of aromatic nitrogens is 1. The lowest BCUT2D eigenvalue weighted by molar-refractivity contribution is 0.542. The van der Waals surface area contributed by atoms with Gasteiger partial charge in [-0.2, -0.15) is 0 Å². The van der Waals surface area contributed by atoms with Crippen molar-refractivity contribution in [2.75, 3.05) is 0 Å². The maximum Gasteiger partial charge on any atom is 0.0538 e. The van der Waals surface area contributed by atoms with Crippen LogP contribution >= 0.6 is 11.3 Å². The number of rotatable bonds is 3. The van der Waals surface area contributed by atoms with Crippen molar-refractivity contribution in [3.63, 3.8) is 0 Å². The Morgan fingerprint density at radius 3 is 1.83 bits per heavy atom. The standard InChI is InChI=1S/C39H31NS/c1-26-16-21-39-35(32-14-8-9-15-38(32)41-39)25-31(22-26)40-36-19-17-29(27-10-4-2-5-11-27)23-33(36)34-24-30(18-20-37(34)40)28-12-6-3-7-13-28/h2-15,17-20,23-26H,16,21-22H2,1H3/b31-25+. The van der Waals surface area contributed by atoms with Crippen LogP contribution in [0.5, 0.6) is 0 Å². The van der Waals surface area contributed by atoms with E-state index in [1.54, 1.807) is 0 Å². The molecule has 0 spiro atoms. The minimum atomic E-state index is 0.610. The molecule has 5 aromatic carbocycles. The number of thiophene rings is 1. The molecule has 0 bridgehead atoms. The number of nitrogens with zero attached hydrogens (tertiary/aromatic N) is 1. The van der Waals surface area contributed by atoms with Crippen LogP contribution in [-0.4, -0.2) is 4.57 Å². The van der Waals surface area contributed by atoms with E-state index in [-0.39, 0.29) is 0 Å². The second-order valence-electron chi connectivity index (χ2n) is 11.5. The second-order valence-corrected chi connectivity index (χ2v) is 12.6. The summed E-state index contributed by atoms with van der Waals surface area (Å²) in [4.78, 5) is 1.52. The fourth-order valence-electron chi connectivity index (χ4n) is 6.63. The maximum atomic E-state index is 2.56. The SMILES string of the molecule is CC1CCc2sc3ccccc3c2/C=C(/n2c3ccc(-c4ccccc4)cc3c3cc(-c4ccccc4)ccc32)C1. The van der Waals surface area contributed by atoms with E-state index in [9.17, 15) is 0 Å². The van der Waals surface area contributed by atoms with Crippen molar-refractivity contribution in [1.29, 1.82) is 0 Å². The van der Waals surface area contributed by atoms with E-state index in [0.29, 0.717) is 5.92 Å². The van der Waals surface area contributed by atoms with Crippen LogP contribution in [0.15, 0.2) is 121 Å². The fraction of sp³-hybridized carbons (Fsp3) is 0.128. The minimum Gasteiger partial charge on any atom is -0.313 e. The van der Waals surface area contributed by atoms with Crippen LogP contribution in [0, 0.1) is 5.92 Å². The fourth-order valence-corrected chi connectivity index (χ4v) is 7.83. The molecule has 0 radical (unpaired) electrons. The molecule has 0 fully saturated rings. The summed E-state index contributed by atoms with van der Waals surface area (Å²) in [6.07, 6.45) is 5.95. The number of aryl methyl sites for hydroxylation is 1. The highest BCUT2D eigenvalue weighted by atomic mass is 32.1. The molecular formula is C39H31NS. The third kappa shape index (κ3) is 4.22. The predicted octanol–water partition coefficient (Wildman–Crippen LogP) is 11.3. The number of benzene rings is 5. The first-order chi connectivity index (χ1) is 20.2. The van der Waals surface area contributed by atoms with Crippen molar-refractivity contribution >= 4 is 55.0 Å². The third-order valence-electron chi connectivity index (χ3n) is 8.71. The van der Waals surface area contributed by atoms with Crippen molar-refractivity contribution in [2.24, 2.45) is 5.92 Å². The van der Waals surface area contributed by atoms with E-state index >= 15 is 0 Å². The Bertz CT molecular complexity index is 1980. The largest absolute Gasteiger partial charge is 0.313 e. The monoisotopic (exact) mass is 545 g/mol. The van der Waals surface area contributed by atoms with Gasteiger partial charge in [-0.05, 0) is 89.4 Å². The summed E-state index contributed by atoms with van der Waals surface area (Å²) in [5.41, 5.74) is 10.4. The smallest absolute Gasteiger partial charge is 0.0538 e. The van der Waals surface area contributed by atoms with Crippen LogP contribution in [0.1, 0.15) is 30.2 Å². The van der Waals surface area contributed by atoms with E-state index in [1.807, 2.05) is 11.3 Å². The molecule has 0 saturated carbocycles. The topological polar surface area (TPSA) is 4.93 Å². The van der Waals surface area contributed by atoms with E-state index in [4.69, 9.17) is 0 Å². The van der Waals surface area contributed by atoms with Gasteiger partial charge in [0.15, 0.2) is 0 Å². The highest BCUT2D eigenvalue weighted by Gasteiger charge is 2.21. The Kier molecular flexibility index (Phi) is 5.89. The van der Waals surface area contributed by atoms with Crippen molar-refractivity contribution < 1.29 is 0 Å². The zero-order chi connectivity index (χ0) is 27.3. The molecule has 0 saturated heterocycles. The van der Waals surface area contributed by atoms with Crippen molar-refractivity contribution in [3.05, 3.63) is 132 Å². The lowest BCUT2D eigenvalue weighted by Gasteiger charge is -2.20. The number of fused-ring (bicyclic) bond motifs is 6. The van der Waals surface area contributed by atoms with Gasteiger partial charge in [-0.25, -0.2) is 0 Å². The van der Waals surface area contributed by atoms with E-state index in [0.717, 1.165) is 12.8 Å². The zero-order valence-electron chi connectivity index (χ0n) is 23.2. The molecule has 0 N–H and O–H groups in total. The first kappa shape index (κ1) is 24.4. The van der Waals surface area contributed by atoms with Crippen LogP contribution in [0.25, 0.3) is 65.9 Å². The molecule has 41 heavy (non-hydrogen) atoms. The van der Waals surface area contributed by atoms with Gasteiger partial charge in [-0.3, -0.25) is 0 Å². The number of hydrogen-bond acceptors (Lipinski definition) is 1. The Labute approximate surface area is 245 Å². The average molecular weight is 546 g/mol. The molecule has 0 aliphatic heterocycles. The average Bonchev–Trinajstić information content (AvgIpc) is 3.53. The molecule has 1 aliphatic rings. The van der Waals surface area contributed by atoms with Gasteiger partial charge in [0.1, 0.15) is 0 Å². The molecule has 1 unspecified atom stereocenters. The molecule has 1 atom stereocenters. The molecule has 2 aromatic heterocycles. The van der Waals surface area contributed by atoms with Crippen molar-refractivity contribution in [2.45, 2.75) is 26.2 Å². The summed E-state index contributed by atoms with van der Waals surface area (Å²) in [5, 5.41) is 4.01. The summed E-state index contributed by atoms with van der Waals surface area (Å²) in [6.45, 7) is 2.42. The third-order valence-corrected chi connectivity index (χ3v) is 9.96. The number of hydrogen-bond donors (Lipinski definition) is 0. The summed E-state index contributed by atoms with van der Waals surface area (Å²) in [7, 11) is 0. The summed E-state index contributed by atoms with van der Waals surface area (Å²) >= 11 is 1.98. The van der Waals surface area contributed by atoms with Gasteiger partial charge in [-0.15, -0.1) is 11.3 Å². The van der Waals surface area contributed by atoms with Crippen molar-refractivity contribution in [3.8, 4) is 22.3 Å². The quantitative estimate of drug-likeness (QED) is 0.208. The Morgan fingerprint density at radius 1 is 0.610 bits per heavy atom. The molecular weight excluding hydrogens is 515 g/mol. The van der Waals surface area contributed by atoms with Gasteiger partial charge in [-0.1, -0.05) is 97.9 Å². The van der Waals surface area contributed by atoms with Gasteiger partial charge >= 0.3 is 0 Å². The molecule has 1 nitrogen and oxygen atoms in total. The summed E-state index contributed by atoms with van der Waals surface area (Å²) < 4.78 is 3.96. The number of allylic oxidation sites excluding steroid dienone is 1. The van der Waals surface area contributed by atoms with Crippen LogP contribution in [-0.2, 0) is 6.42 Å². The van der Waals surface area contributed by atoms with Gasteiger partial charge in [0.05, 0.1) is 11.0 Å². The van der Waals surface area contributed by atoms with Gasteiger partial charge in [0, 0.05) is 31.4 Å². The zero-order valence-corrected chi connectivity index (χ0v) is 24.0. The molecule has 0 amide bonds. The minimum absolute atomic E-state index is 0.610. The van der Waals surface area contributed by atoms with Crippen LogP contribution in [0.3, 0.4) is 0 Å². The van der Waals surface area contributed by atoms with E-state index in [2.05, 4.69) is 139 Å². The van der Waals surface area contributed by atoms with Crippen LogP contribution in [0.4, 0.5) is 0 Å². The first-order valence-corrected chi connectivity index (χ1v) is 15.4. The molecule has 1 aliphatic carbocycles. The summed E-state index contributed by atoms with van der Waals surface area (Å²) in [5.74, 6) is 0.610. The highest BCUT2D eigenvalue weighted by molar-refractivity contribution is 7.19. The molecule has 198 valence electrons. The second kappa shape index (κ2) is 9.90. The first-order valence-electron chi connectivity index (χ1n) is 14.6. The summed E-state index contributed by atoms with van der Waals surface area (Å²) in [6, 6.07) is 44.5. The predicted molar refractivity (Wildman–Crippen MR) is 178 cm³/mol. The normalized spacial score (nSPS) is 16.8. The van der Waals surface area contributed by atoms with E-state index < -0.39 is 0 Å². The van der Waals surface area contributed by atoms with Crippen LogP contribution < -0.4 is 0 Å². The Balaban J connectivity index is 1.42.